The van der Waals surface area contributed by atoms with E-state index < -0.39 is 0 Å². The normalized spacial score (nSPS) is 20.1. The van der Waals surface area contributed by atoms with Crippen LogP contribution in [0.25, 0.3) is 0 Å². The van der Waals surface area contributed by atoms with Crippen LogP contribution in [0.3, 0.4) is 0 Å². The van der Waals surface area contributed by atoms with Crippen molar-refractivity contribution in [3.05, 3.63) is 26.1 Å². The van der Waals surface area contributed by atoms with E-state index in [2.05, 4.69) is 47.8 Å². The molecule has 1 heterocycles. The first kappa shape index (κ1) is 13.8. The van der Waals surface area contributed by atoms with Crippen molar-refractivity contribution in [1.82, 2.24) is 0 Å². The zero-order valence-corrected chi connectivity index (χ0v) is 14.2. The summed E-state index contributed by atoms with van der Waals surface area (Å²) in [4.78, 5) is 13.8. The van der Waals surface area contributed by atoms with E-state index in [1.807, 2.05) is 0 Å². The van der Waals surface area contributed by atoms with Crippen LogP contribution < -0.4 is 4.90 Å². The number of amides is 1. The molecule has 17 heavy (non-hydrogen) atoms. The molecule has 1 aliphatic heterocycles. The predicted octanol–water partition coefficient (Wildman–Crippen LogP) is 4.61. The smallest absolute Gasteiger partial charge is 0.227 e. The Balaban J connectivity index is 2.38. The van der Waals surface area contributed by atoms with Crippen molar-refractivity contribution in [2.75, 3.05) is 16.8 Å². The molecule has 1 fully saturated rings. The predicted molar refractivity (Wildman–Crippen MR) is 81.1 cm³/mol. The van der Waals surface area contributed by atoms with Gasteiger partial charge >= 0.3 is 0 Å². The highest BCUT2D eigenvalue weighted by Gasteiger charge is 2.32. The van der Waals surface area contributed by atoms with Crippen LogP contribution in [-0.2, 0) is 4.79 Å². The van der Waals surface area contributed by atoms with Crippen molar-refractivity contribution in [3.63, 3.8) is 0 Å². The Hall–Kier alpha value is 0.420. The summed E-state index contributed by atoms with van der Waals surface area (Å²) in [6, 6.07) is 3.60. The van der Waals surface area contributed by atoms with Crippen molar-refractivity contribution < 1.29 is 4.79 Å². The van der Waals surface area contributed by atoms with E-state index in [0.717, 1.165) is 26.5 Å². The van der Waals surface area contributed by atoms with Gasteiger partial charge in [0.2, 0.25) is 5.91 Å². The van der Waals surface area contributed by atoms with Crippen molar-refractivity contribution in [2.45, 2.75) is 6.42 Å². The van der Waals surface area contributed by atoms with Gasteiger partial charge in [0.05, 0.1) is 5.69 Å². The van der Waals surface area contributed by atoms with E-state index >= 15 is 0 Å². The van der Waals surface area contributed by atoms with E-state index in [4.69, 9.17) is 11.6 Å². The minimum Gasteiger partial charge on any atom is -0.310 e. The number of rotatable bonds is 2. The first-order valence-electron chi connectivity index (χ1n) is 5.03. The lowest BCUT2D eigenvalue weighted by molar-refractivity contribution is -0.117. The molecule has 1 atom stereocenters. The molecule has 0 bridgehead atoms. The number of hydrogen-bond donors (Lipinski definition) is 0. The SMILES string of the molecule is O=C1CC(CBr)CN1c1c(Br)cc(Cl)cc1Br. The minimum absolute atomic E-state index is 0.151. The van der Waals surface area contributed by atoms with Gasteiger partial charge in [-0.3, -0.25) is 4.79 Å². The summed E-state index contributed by atoms with van der Waals surface area (Å²) >= 11 is 16.3. The molecule has 2 rings (SSSR count). The number of halogens is 4. The summed E-state index contributed by atoms with van der Waals surface area (Å²) in [5.74, 6) is 0.523. The van der Waals surface area contributed by atoms with Crippen LogP contribution in [0.5, 0.6) is 0 Å². The molecule has 0 aliphatic carbocycles. The standard InChI is InChI=1S/C11H9Br3ClNO/c12-4-6-1-10(17)16(5-6)11-8(13)2-7(15)3-9(11)14/h2-3,6H,1,4-5H2. The third-order valence-corrected chi connectivity index (χ3v) is 5.02. The Morgan fingerprint density at radius 1 is 1.35 bits per heavy atom. The largest absolute Gasteiger partial charge is 0.310 e. The van der Waals surface area contributed by atoms with Gasteiger partial charge < -0.3 is 4.90 Å². The maximum absolute atomic E-state index is 12.0. The molecular weight excluding hydrogens is 437 g/mol. The molecule has 1 aromatic rings. The summed E-state index contributed by atoms with van der Waals surface area (Å²) in [6.45, 7) is 0.739. The molecule has 1 amide bonds. The summed E-state index contributed by atoms with van der Waals surface area (Å²) in [7, 11) is 0. The maximum atomic E-state index is 12.0. The highest BCUT2D eigenvalue weighted by atomic mass is 79.9. The van der Waals surface area contributed by atoms with Gasteiger partial charge in [0, 0.05) is 32.3 Å². The average molecular weight is 446 g/mol. The van der Waals surface area contributed by atoms with Crippen LogP contribution in [0, 0.1) is 5.92 Å². The van der Waals surface area contributed by atoms with E-state index in [0.29, 0.717) is 17.4 Å². The second-order valence-electron chi connectivity index (χ2n) is 3.95. The topological polar surface area (TPSA) is 20.3 Å². The number of carbonyl (C=O) groups excluding carboxylic acids is 1. The zero-order chi connectivity index (χ0) is 12.6. The molecule has 0 radical (unpaired) electrons. The third kappa shape index (κ3) is 2.88. The maximum Gasteiger partial charge on any atom is 0.227 e. The fraction of sp³-hybridized carbons (Fsp3) is 0.364. The number of hydrogen-bond acceptors (Lipinski definition) is 1. The lowest BCUT2D eigenvalue weighted by Gasteiger charge is -2.20. The molecule has 6 heteroatoms. The second kappa shape index (κ2) is 5.59. The number of carbonyl (C=O) groups is 1. The van der Waals surface area contributed by atoms with Gasteiger partial charge in [-0.25, -0.2) is 0 Å². The Morgan fingerprint density at radius 3 is 2.41 bits per heavy atom. The number of alkyl halides is 1. The lowest BCUT2D eigenvalue weighted by atomic mass is 10.2. The summed E-state index contributed by atoms with van der Waals surface area (Å²) < 4.78 is 1.67. The van der Waals surface area contributed by atoms with E-state index in [1.54, 1.807) is 17.0 Å². The fourth-order valence-corrected chi connectivity index (χ4v) is 4.42. The van der Waals surface area contributed by atoms with Crippen LogP contribution in [0.15, 0.2) is 21.1 Å². The van der Waals surface area contributed by atoms with E-state index in [1.165, 1.54) is 0 Å². The molecule has 0 saturated carbocycles. The monoisotopic (exact) mass is 443 g/mol. The zero-order valence-electron chi connectivity index (χ0n) is 8.72. The molecule has 2 nitrogen and oxygen atoms in total. The van der Waals surface area contributed by atoms with Crippen LogP contribution in [0.2, 0.25) is 5.02 Å². The number of anilines is 1. The Bertz CT molecular complexity index is 443. The van der Waals surface area contributed by atoms with E-state index in [-0.39, 0.29) is 5.91 Å². The molecule has 0 spiro atoms. The fourth-order valence-electron chi connectivity index (χ4n) is 1.89. The highest BCUT2D eigenvalue weighted by Crippen LogP contribution is 2.39. The van der Waals surface area contributed by atoms with Crippen molar-refractivity contribution >= 4 is 71.0 Å². The van der Waals surface area contributed by atoms with Crippen molar-refractivity contribution in [2.24, 2.45) is 5.92 Å². The van der Waals surface area contributed by atoms with Gasteiger partial charge in [-0.1, -0.05) is 27.5 Å². The number of benzene rings is 1. The summed E-state index contributed by atoms with van der Waals surface area (Å²) in [5, 5.41) is 1.48. The quantitative estimate of drug-likeness (QED) is 0.608. The van der Waals surface area contributed by atoms with Gasteiger partial charge in [0.25, 0.3) is 0 Å². The molecule has 92 valence electrons. The van der Waals surface area contributed by atoms with Crippen LogP contribution >= 0.6 is 59.4 Å². The van der Waals surface area contributed by atoms with Crippen molar-refractivity contribution in [3.8, 4) is 0 Å². The van der Waals surface area contributed by atoms with E-state index in [9.17, 15) is 4.79 Å². The summed E-state index contributed by atoms with van der Waals surface area (Å²) in [6.07, 6.45) is 0.590. The molecule has 0 N–H and O–H groups in total. The Kier molecular flexibility index (Phi) is 4.55. The first-order valence-corrected chi connectivity index (χ1v) is 8.12. The third-order valence-electron chi connectivity index (χ3n) is 2.67. The lowest BCUT2D eigenvalue weighted by Crippen LogP contribution is -2.25. The minimum atomic E-state index is 0.151. The van der Waals surface area contributed by atoms with Gasteiger partial charge in [-0.05, 0) is 49.9 Å². The molecule has 1 aromatic carbocycles. The summed E-state index contributed by atoms with van der Waals surface area (Å²) in [5.41, 5.74) is 0.864. The first-order chi connectivity index (χ1) is 8.02. The Labute approximate surface area is 130 Å². The number of nitrogens with zero attached hydrogens (tertiary/aromatic N) is 1. The van der Waals surface area contributed by atoms with Gasteiger partial charge in [-0.15, -0.1) is 0 Å². The Morgan fingerprint density at radius 2 is 1.94 bits per heavy atom. The molecule has 1 saturated heterocycles. The molecule has 0 aromatic heterocycles. The van der Waals surface area contributed by atoms with Crippen LogP contribution in [-0.4, -0.2) is 17.8 Å². The van der Waals surface area contributed by atoms with Crippen LogP contribution in [0.1, 0.15) is 6.42 Å². The van der Waals surface area contributed by atoms with Gasteiger partial charge in [0.1, 0.15) is 0 Å². The van der Waals surface area contributed by atoms with Gasteiger partial charge in [-0.2, -0.15) is 0 Å². The van der Waals surface area contributed by atoms with Gasteiger partial charge in [0.15, 0.2) is 0 Å². The molecule has 1 unspecified atom stereocenters. The second-order valence-corrected chi connectivity index (χ2v) is 6.74. The average Bonchev–Trinajstić information content (AvgIpc) is 2.59. The molecule has 1 aliphatic rings. The van der Waals surface area contributed by atoms with Crippen molar-refractivity contribution in [1.29, 1.82) is 0 Å². The molecular formula is C11H9Br3ClNO. The van der Waals surface area contributed by atoms with Crippen LogP contribution in [0.4, 0.5) is 5.69 Å². The highest BCUT2D eigenvalue weighted by molar-refractivity contribution is 9.11.